The van der Waals surface area contributed by atoms with Crippen molar-refractivity contribution in [3.05, 3.63) is 18.0 Å². The zero-order valence-electron chi connectivity index (χ0n) is 11.9. The Bertz CT molecular complexity index is 568. The van der Waals surface area contributed by atoms with Gasteiger partial charge in [0.15, 0.2) is 0 Å². The number of esters is 1. The van der Waals surface area contributed by atoms with Gasteiger partial charge in [-0.25, -0.2) is 9.59 Å². The summed E-state index contributed by atoms with van der Waals surface area (Å²) in [4.78, 5) is 36.3. The normalized spacial score (nSPS) is 19.3. The van der Waals surface area contributed by atoms with E-state index in [2.05, 4.69) is 9.84 Å². The van der Waals surface area contributed by atoms with Crippen molar-refractivity contribution in [1.29, 1.82) is 0 Å². The minimum atomic E-state index is -1.04. The highest BCUT2D eigenvalue weighted by Gasteiger charge is 2.36. The van der Waals surface area contributed by atoms with Crippen molar-refractivity contribution < 1.29 is 24.2 Å². The molecule has 21 heavy (non-hydrogen) atoms. The number of hydrogen-bond acceptors (Lipinski definition) is 5. The van der Waals surface area contributed by atoms with E-state index in [1.54, 1.807) is 0 Å². The molecule has 0 spiro atoms. The zero-order valence-corrected chi connectivity index (χ0v) is 11.9. The average molecular weight is 295 g/mol. The minimum Gasteiger partial charge on any atom is -0.480 e. The minimum absolute atomic E-state index is 0.124. The Kier molecular flexibility index (Phi) is 4.25. The number of aromatic nitrogens is 2. The van der Waals surface area contributed by atoms with Gasteiger partial charge in [-0.05, 0) is 25.8 Å². The van der Waals surface area contributed by atoms with E-state index < -0.39 is 24.0 Å². The van der Waals surface area contributed by atoms with Gasteiger partial charge in [0.1, 0.15) is 17.8 Å². The Morgan fingerprint density at radius 1 is 1.48 bits per heavy atom. The van der Waals surface area contributed by atoms with Gasteiger partial charge >= 0.3 is 11.9 Å². The number of aliphatic carboxylic acids is 1. The zero-order chi connectivity index (χ0) is 15.6. The third kappa shape index (κ3) is 2.88. The molecule has 1 amide bonds. The molecule has 2 rings (SSSR count). The van der Waals surface area contributed by atoms with Gasteiger partial charge in [-0.2, -0.15) is 5.10 Å². The number of carbonyl (C=O) groups excluding carboxylic acids is 2. The molecule has 0 radical (unpaired) electrons. The van der Waals surface area contributed by atoms with Crippen molar-refractivity contribution in [2.75, 3.05) is 13.7 Å². The number of methoxy groups -OCH3 is 1. The van der Waals surface area contributed by atoms with Gasteiger partial charge in [-0.15, -0.1) is 0 Å². The lowest BCUT2D eigenvalue weighted by atomic mass is 10.2. The Labute approximate surface area is 121 Å². The molecule has 0 saturated carbocycles. The molecule has 2 atom stereocenters. The molecular formula is C13H17N3O5. The smallest absolute Gasteiger partial charge is 0.328 e. The summed E-state index contributed by atoms with van der Waals surface area (Å²) in [5.74, 6) is -1.87. The molecule has 0 aliphatic carbocycles. The summed E-state index contributed by atoms with van der Waals surface area (Å²) in [5.41, 5.74) is 0.124. The lowest BCUT2D eigenvalue weighted by Gasteiger charge is -2.21. The molecule has 8 heteroatoms. The second kappa shape index (κ2) is 5.94. The van der Waals surface area contributed by atoms with Crippen LogP contribution in [0.4, 0.5) is 0 Å². The van der Waals surface area contributed by atoms with E-state index in [1.165, 1.54) is 35.9 Å². The first-order chi connectivity index (χ1) is 9.95. The summed E-state index contributed by atoms with van der Waals surface area (Å²) in [6.07, 6.45) is 2.72. The van der Waals surface area contributed by atoms with Crippen LogP contribution in [-0.2, 0) is 14.3 Å². The van der Waals surface area contributed by atoms with Crippen LogP contribution in [0.5, 0.6) is 0 Å². The fraction of sp³-hybridized carbons (Fsp3) is 0.538. The van der Waals surface area contributed by atoms with Gasteiger partial charge in [0, 0.05) is 12.7 Å². The molecule has 1 aliphatic rings. The number of rotatable bonds is 4. The van der Waals surface area contributed by atoms with Crippen LogP contribution in [0.3, 0.4) is 0 Å². The maximum atomic E-state index is 12.4. The highest BCUT2D eigenvalue weighted by Crippen LogP contribution is 2.21. The number of carbonyl (C=O) groups is 3. The number of carboxylic acid groups (broad SMARTS) is 1. The predicted octanol–water partition coefficient (Wildman–Crippen LogP) is 0.306. The SMILES string of the molecule is COC(=O)C1CCCN1C(=O)c1ccn(C(C)C(=O)O)n1. The molecule has 0 bridgehead atoms. The molecule has 1 N–H and O–H groups in total. The molecule has 1 fully saturated rings. The van der Waals surface area contributed by atoms with E-state index in [0.29, 0.717) is 13.0 Å². The number of nitrogens with zero attached hydrogens (tertiary/aromatic N) is 3. The van der Waals surface area contributed by atoms with Crippen LogP contribution in [0.2, 0.25) is 0 Å². The van der Waals surface area contributed by atoms with Gasteiger partial charge < -0.3 is 14.7 Å². The van der Waals surface area contributed by atoms with Gasteiger partial charge in [-0.1, -0.05) is 0 Å². The molecule has 2 unspecified atom stereocenters. The first-order valence-electron chi connectivity index (χ1n) is 6.62. The number of likely N-dealkylation sites (tertiary alicyclic amines) is 1. The second-order valence-electron chi connectivity index (χ2n) is 4.87. The fourth-order valence-corrected chi connectivity index (χ4v) is 2.32. The number of carboxylic acids is 1. The molecule has 8 nitrogen and oxygen atoms in total. The molecule has 0 aromatic carbocycles. The first kappa shape index (κ1) is 15.0. The Hall–Kier alpha value is -2.38. The van der Waals surface area contributed by atoms with Crippen molar-refractivity contribution >= 4 is 17.8 Å². The number of ether oxygens (including phenoxy) is 1. The maximum absolute atomic E-state index is 12.4. The third-order valence-corrected chi connectivity index (χ3v) is 3.57. The largest absolute Gasteiger partial charge is 0.480 e. The van der Waals surface area contributed by atoms with Crippen molar-refractivity contribution in [2.45, 2.75) is 31.8 Å². The summed E-state index contributed by atoms with van der Waals surface area (Å²) >= 11 is 0. The maximum Gasteiger partial charge on any atom is 0.328 e. The van der Waals surface area contributed by atoms with Crippen LogP contribution in [0.15, 0.2) is 12.3 Å². The number of hydrogen-bond donors (Lipinski definition) is 1. The van der Waals surface area contributed by atoms with E-state index in [9.17, 15) is 14.4 Å². The molecule has 1 saturated heterocycles. The van der Waals surface area contributed by atoms with Crippen LogP contribution in [-0.4, -0.2) is 57.3 Å². The van der Waals surface area contributed by atoms with E-state index >= 15 is 0 Å². The third-order valence-electron chi connectivity index (χ3n) is 3.57. The first-order valence-corrected chi connectivity index (χ1v) is 6.62. The molecular weight excluding hydrogens is 278 g/mol. The molecule has 2 heterocycles. The van der Waals surface area contributed by atoms with E-state index in [1.807, 2.05) is 0 Å². The second-order valence-corrected chi connectivity index (χ2v) is 4.87. The Morgan fingerprint density at radius 3 is 2.81 bits per heavy atom. The van der Waals surface area contributed by atoms with Crippen molar-refractivity contribution in [3.63, 3.8) is 0 Å². The molecule has 1 aromatic heterocycles. The summed E-state index contributed by atoms with van der Waals surface area (Å²) in [6, 6.07) is 0.000106. The van der Waals surface area contributed by atoms with Gasteiger partial charge in [0.05, 0.1) is 7.11 Å². The molecule has 1 aromatic rings. The standard InChI is InChI=1S/C13H17N3O5/c1-8(12(18)19)16-7-5-9(14-16)11(17)15-6-3-4-10(15)13(20)21-2/h5,7-8,10H,3-4,6H2,1-2H3,(H,18,19). The van der Waals surface area contributed by atoms with Crippen molar-refractivity contribution in [3.8, 4) is 0 Å². The monoisotopic (exact) mass is 295 g/mol. The van der Waals surface area contributed by atoms with Gasteiger partial charge in [0.2, 0.25) is 0 Å². The Morgan fingerprint density at radius 2 is 2.19 bits per heavy atom. The van der Waals surface area contributed by atoms with Crippen LogP contribution < -0.4 is 0 Å². The van der Waals surface area contributed by atoms with Crippen LogP contribution in [0.25, 0.3) is 0 Å². The average Bonchev–Trinajstić information content (AvgIpc) is 3.13. The van der Waals surface area contributed by atoms with Gasteiger partial charge in [0.25, 0.3) is 5.91 Å². The van der Waals surface area contributed by atoms with Crippen LogP contribution in [0, 0.1) is 0 Å². The van der Waals surface area contributed by atoms with Crippen molar-refractivity contribution in [2.24, 2.45) is 0 Å². The van der Waals surface area contributed by atoms with Crippen LogP contribution >= 0.6 is 0 Å². The quantitative estimate of drug-likeness (QED) is 0.802. The lowest BCUT2D eigenvalue weighted by Crippen LogP contribution is -2.41. The predicted molar refractivity (Wildman–Crippen MR) is 70.6 cm³/mol. The summed E-state index contributed by atoms with van der Waals surface area (Å²) in [7, 11) is 1.28. The lowest BCUT2D eigenvalue weighted by molar-refractivity contribution is -0.145. The molecule has 1 aliphatic heterocycles. The highest BCUT2D eigenvalue weighted by molar-refractivity contribution is 5.95. The highest BCUT2D eigenvalue weighted by atomic mass is 16.5. The topological polar surface area (TPSA) is 102 Å². The van der Waals surface area contributed by atoms with E-state index in [-0.39, 0.29) is 11.6 Å². The van der Waals surface area contributed by atoms with Crippen LogP contribution in [0.1, 0.15) is 36.3 Å². The van der Waals surface area contributed by atoms with Crippen molar-refractivity contribution in [1.82, 2.24) is 14.7 Å². The van der Waals surface area contributed by atoms with E-state index in [0.717, 1.165) is 6.42 Å². The van der Waals surface area contributed by atoms with E-state index in [4.69, 9.17) is 5.11 Å². The Balaban J connectivity index is 2.16. The summed E-state index contributed by atoms with van der Waals surface area (Å²) < 4.78 is 5.90. The summed E-state index contributed by atoms with van der Waals surface area (Å²) in [6.45, 7) is 1.93. The van der Waals surface area contributed by atoms with Gasteiger partial charge in [-0.3, -0.25) is 9.48 Å². The fourth-order valence-electron chi connectivity index (χ4n) is 2.32. The number of amides is 1. The molecule has 114 valence electrons. The summed E-state index contributed by atoms with van der Waals surface area (Å²) in [5, 5.41) is 12.9.